The third-order valence-corrected chi connectivity index (χ3v) is 1.15. The second-order valence-corrected chi connectivity index (χ2v) is 1.85. The summed E-state index contributed by atoms with van der Waals surface area (Å²) in [4.78, 5) is 3.52. The minimum atomic E-state index is 0.328. The Kier molecular flexibility index (Phi) is 5.34. The molecule has 44 valence electrons. The summed E-state index contributed by atoms with van der Waals surface area (Å²) in [7, 11) is 0. The van der Waals surface area contributed by atoms with Crippen molar-refractivity contribution < 1.29 is 0 Å². The SMILES string of the molecule is S=C=NCC(Cl)=CCl. The van der Waals surface area contributed by atoms with Gasteiger partial charge in [-0.2, -0.15) is 0 Å². The number of thiocarbonyl (C=S) groups is 1. The van der Waals surface area contributed by atoms with Crippen LogP contribution in [0.2, 0.25) is 0 Å². The van der Waals surface area contributed by atoms with Crippen molar-refractivity contribution in [1.82, 2.24) is 0 Å². The van der Waals surface area contributed by atoms with E-state index >= 15 is 0 Å². The van der Waals surface area contributed by atoms with E-state index in [2.05, 4.69) is 22.4 Å². The summed E-state index contributed by atoms with van der Waals surface area (Å²) in [6.45, 7) is 0.328. The normalized spacial score (nSPS) is 10.5. The molecule has 0 radical (unpaired) electrons. The fourth-order valence-electron chi connectivity index (χ4n) is 0.142. The van der Waals surface area contributed by atoms with Gasteiger partial charge in [0.2, 0.25) is 0 Å². The highest BCUT2D eigenvalue weighted by Gasteiger charge is 1.83. The molecule has 0 fully saturated rings. The highest BCUT2D eigenvalue weighted by molar-refractivity contribution is 7.78. The molecule has 0 aliphatic carbocycles. The predicted octanol–water partition coefficient (Wildman–Crippen LogP) is 2.41. The minimum absolute atomic E-state index is 0.328. The number of isothiocyanates is 1. The van der Waals surface area contributed by atoms with Crippen molar-refractivity contribution in [3.05, 3.63) is 10.6 Å². The lowest BCUT2D eigenvalue weighted by Gasteiger charge is -1.82. The van der Waals surface area contributed by atoms with Crippen molar-refractivity contribution in [2.45, 2.75) is 0 Å². The summed E-state index contributed by atoms with van der Waals surface area (Å²) in [5, 5.41) is 2.62. The molecular weight excluding hydrogens is 165 g/mol. The first kappa shape index (κ1) is 8.12. The lowest BCUT2D eigenvalue weighted by Crippen LogP contribution is -1.74. The number of nitrogens with zero attached hydrogens (tertiary/aromatic N) is 1. The number of rotatable bonds is 2. The van der Waals surface area contributed by atoms with Crippen molar-refractivity contribution in [1.29, 1.82) is 0 Å². The highest BCUT2D eigenvalue weighted by atomic mass is 35.5. The standard InChI is InChI=1S/C4H3Cl2NS/c5-1-4(6)2-7-3-8/h1H,2H2. The van der Waals surface area contributed by atoms with Gasteiger partial charge in [-0.25, -0.2) is 4.99 Å². The van der Waals surface area contributed by atoms with E-state index in [4.69, 9.17) is 23.2 Å². The van der Waals surface area contributed by atoms with Crippen LogP contribution in [0.5, 0.6) is 0 Å². The molecule has 0 aromatic carbocycles. The van der Waals surface area contributed by atoms with Gasteiger partial charge in [0.1, 0.15) is 0 Å². The van der Waals surface area contributed by atoms with E-state index in [0.717, 1.165) is 0 Å². The Morgan fingerprint density at radius 2 is 2.50 bits per heavy atom. The van der Waals surface area contributed by atoms with Gasteiger partial charge in [0.25, 0.3) is 0 Å². The average molecular weight is 168 g/mol. The molecule has 0 saturated heterocycles. The van der Waals surface area contributed by atoms with Crippen molar-refractivity contribution in [2.75, 3.05) is 6.54 Å². The van der Waals surface area contributed by atoms with Crippen LogP contribution in [0.1, 0.15) is 0 Å². The summed E-state index contributed by atoms with van der Waals surface area (Å²) in [6.07, 6.45) is 0. The van der Waals surface area contributed by atoms with Crippen molar-refractivity contribution in [3.8, 4) is 0 Å². The molecule has 0 aromatic rings. The highest BCUT2D eigenvalue weighted by Crippen LogP contribution is 2.01. The molecular formula is C4H3Cl2NS. The van der Waals surface area contributed by atoms with E-state index in [1.807, 2.05) is 0 Å². The van der Waals surface area contributed by atoms with Crippen LogP contribution in [0.4, 0.5) is 0 Å². The Hall–Kier alpha value is 0.120. The van der Waals surface area contributed by atoms with E-state index < -0.39 is 0 Å². The van der Waals surface area contributed by atoms with Crippen molar-refractivity contribution in [2.24, 2.45) is 4.99 Å². The summed E-state index contributed by atoms with van der Waals surface area (Å²) < 4.78 is 0. The maximum absolute atomic E-state index is 5.39. The van der Waals surface area contributed by atoms with Crippen molar-refractivity contribution in [3.63, 3.8) is 0 Å². The van der Waals surface area contributed by atoms with Crippen LogP contribution >= 0.6 is 35.4 Å². The van der Waals surface area contributed by atoms with Crippen LogP contribution in [0.15, 0.2) is 15.6 Å². The molecule has 4 heteroatoms. The van der Waals surface area contributed by atoms with Gasteiger partial charge in [0.05, 0.1) is 16.7 Å². The number of hydrogen-bond acceptors (Lipinski definition) is 2. The molecule has 0 amide bonds. The number of aliphatic imine (C=N–C) groups is 1. The molecule has 0 heterocycles. The van der Waals surface area contributed by atoms with Gasteiger partial charge in [0.15, 0.2) is 0 Å². The lowest BCUT2D eigenvalue weighted by molar-refractivity contribution is 1.25. The van der Waals surface area contributed by atoms with Gasteiger partial charge in [-0.1, -0.05) is 23.2 Å². The van der Waals surface area contributed by atoms with Crippen LogP contribution in [0.25, 0.3) is 0 Å². The molecule has 0 atom stereocenters. The zero-order valence-electron chi connectivity index (χ0n) is 3.90. The molecule has 0 aliphatic heterocycles. The molecule has 0 aliphatic rings. The second kappa shape index (κ2) is 5.26. The maximum Gasteiger partial charge on any atom is 0.0858 e. The topological polar surface area (TPSA) is 12.4 Å². The van der Waals surface area contributed by atoms with E-state index in [0.29, 0.717) is 11.6 Å². The largest absolute Gasteiger partial charge is 0.227 e. The Labute approximate surface area is 63.0 Å². The zero-order chi connectivity index (χ0) is 6.41. The monoisotopic (exact) mass is 167 g/mol. The molecule has 0 N–H and O–H groups in total. The van der Waals surface area contributed by atoms with E-state index in [9.17, 15) is 0 Å². The Balaban J connectivity index is 3.55. The third-order valence-electron chi connectivity index (χ3n) is 0.413. The molecule has 0 rings (SSSR count). The average Bonchev–Trinajstić information content (AvgIpc) is 1.83. The molecule has 0 unspecified atom stereocenters. The van der Waals surface area contributed by atoms with Gasteiger partial charge in [0, 0.05) is 5.54 Å². The Morgan fingerprint density at radius 3 is 2.88 bits per heavy atom. The second-order valence-electron chi connectivity index (χ2n) is 0.963. The maximum atomic E-state index is 5.39. The molecule has 0 spiro atoms. The van der Waals surface area contributed by atoms with Crippen LogP contribution < -0.4 is 0 Å². The van der Waals surface area contributed by atoms with Crippen LogP contribution in [0.3, 0.4) is 0 Å². The molecule has 0 bridgehead atoms. The fraction of sp³-hybridized carbons (Fsp3) is 0.250. The first-order chi connectivity index (χ1) is 3.81. The van der Waals surface area contributed by atoms with Gasteiger partial charge in [-0.05, 0) is 12.2 Å². The van der Waals surface area contributed by atoms with Gasteiger partial charge < -0.3 is 0 Å². The molecule has 8 heavy (non-hydrogen) atoms. The fourth-order valence-corrected chi connectivity index (χ4v) is 0.336. The first-order valence-corrected chi connectivity index (χ1v) is 3.02. The van der Waals surface area contributed by atoms with E-state index in [1.165, 1.54) is 5.54 Å². The summed E-state index contributed by atoms with van der Waals surface area (Å²) in [5.74, 6) is 0. The quantitative estimate of drug-likeness (QED) is 0.455. The number of halogens is 2. The van der Waals surface area contributed by atoms with Crippen LogP contribution in [-0.4, -0.2) is 11.7 Å². The summed E-state index contributed by atoms with van der Waals surface area (Å²) in [6, 6.07) is 0. The minimum Gasteiger partial charge on any atom is -0.227 e. The number of hydrogen-bond donors (Lipinski definition) is 0. The Bertz CT molecular complexity index is 137. The molecule has 0 aromatic heterocycles. The summed E-state index contributed by atoms with van der Waals surface area (Å²) >= 11 is 14.8. The van der Waals surface area contributed by atoms with Crippen LogP contribution in [-0.2, 0) is 0 Å². The molecule has 0 saturated carbocycles. The molecule has 1 nitrogen and oxygen atoms in total. The van der Waals surface area contributed by atoms with Gasteiger partial charge >= 0.3 is 0 Å². The Morgan fingerprint density at radius 1 is 1.88 bits per heavy atom. The third kappa shape index (κ3) is 4.28. The van der Waals surface area contributed by atoms with Gasteiger partial charge in [-0.3, -0.25) is 0 Å². The van der Waals surface area contributed by atoms with Crippen LogP contribution in [0, 0.1) is 0 Å². The summed E-state index contributed by atoms with van der Waals surface area (Å²) in [5.41, 5.74) is 1.25. The lowest BCUT2D eigenvalue weighted by atomic mass is 10.6. The van der Waals surface area contributed by atoms with E-state index in [-0.39, 0.29) is 0 Å². The first-order valence-electron chi connectivity index (χ1n) is 1.79. The predicted molar refractivity (Wildman–Crippen MR) is 39.7 cm³/mol. The van der Waals surface area contributed by atoms with Gasteiger partial charge in [-0.15, -0.1) is 0 Å². The van der Waals surface area contributed by atoms with Crippen molar-refractivity contribution >= 4 is 40.6 Å². The van der Waals surface area contributed by atoms with E-state index in [1.54, 1.807) is 0 Å². The zero-order valence-corrected chi connectivity index (χ0v) is 6.22. The smallest absolute Gasteiger partial charge is 0.0858 e.